The molecule has 1 aliphatic rings. The molecule has 0 aromatic heterocycles. The van der Waals surface area contributed by atoms with Gasteiger partial charge < -0.3 is 10.6 Å². The summed E-state index contributed by atoms with van der Waals surface area (Å²) in [6.45, 7) is 0.309. The quantitative estimate of drug-likeness (QED) is 0.584. The standard InChI is InChI=1S/C5H8F2N2O/c6-4(7)1-3-2-8-5(10)9-3/h3-4H,1-2H2,(H2,8,9,10). The zero-order valence-corrected chi connectivity index (χ0v) is 5.23. The molecule has 1 heterocycles. The highest BCUT2D eigenvalue weighted by atomic mass is 19.3. The maximum atomic E-state index is 11.6. The molecule has 0 spiro atoms. The fraction of sp³-hybridized carbons (Fsp3) is 0.800. The van der Waals surface area contributed by atoms with E-state index in [1.165, 1.54) is 0 Å². The first kappa shape index (κ1) is 7.24. The summed E-state index contributed by atoms with van der Waals surface area (Å²) in [5.41, 5.74) is 0. The fourth-order valence-electron chi connectivity index (χ4n) is 0.861. The van der Waals surface area contributed by atoms with Crippen molar-refractivity contribution in [3.63, 3.8) is 0 Å². The van der Waals surface area contributed by atoms with Crippen LogP contribution in [0.2, 0.25) is 0 Å². The van der Waals surface area contributed by atoms with Gasteiger partial charge in [0.25, 0.3) is 0 Å². The lowest BCUT2D eigenvalue weighted by Gasteiger charge is -2.05. The van der Waals surface area contributed by atoms with Gasteiger partial charge in [0, 0.05) is 13.0 Å². The third-order valence-corrected chi connectivity index (χ3v) is 1.31. The molecule has 1 unspecified atom stereocenters. The number of hydrogen-bond donors (Lipinski definition) is 2. The van der Waals surface area contributed by atoms with Crippen LogP contribution in [0.25, 0.3) is 0 Å². The summed E-state index contributed by atoms with van der Waals surface area (Å²) in [4.78, 5) is 10.4. The van der Waals surface area contributed by atoms with E-state index < -0.39 is 12.5 Å². The van der Waals surface area contributed by atoms with Gasteiger partial charge in [-0.2, -0.15) is 0 Å². The van der Waals surface area contributed by atoms with Crippen LogP contribution in [0.1, 0.15) is 6.42 Å². The van der Waals surface area contributed by atoms with E-state index in [-0.39, 0.29) is 12.5 Å². The number of alkyl halides is 2. The molecule has 0 saturated carbocycles. The Labute approximate surface area is 56.8 Å². The molecule has 2 amide bonds. The third-order valence-electron chi connectivity index (χ3n) is 1.31. The van der Waals surface area contributed by atoms with E-state index in [4.69, 9.17) is 0 Å². The molecular weight excluding hydrogens is 142 g/mol. The largest absolute Gasteiger partial charge is 0.336 e. The second-order valence-electron chi connectivity index (χ2n) is 2.18. The minimum Gasteiger partial charge on any atom is -0.336 e. The van der Waals surface area contributed by atoms with Crippen molar-refractivity contribution in [1.29, 1.82) is 0 Å². The lowest BCUT2D eigenvalue weighted by atomic mass is 10.2. The molecule has 1 aliphatic heterocycles. The molecule has 0 bridgehead atoms. The van der Waals surface area contributed by atoms with Gasteiger partial charge in [0.05, 0.1) is 6.04 Å². The van der Waals surface area contributed by atoms with Crippen LogP contribution in [-0.2, 0) is 0 Å². The normalized spacial score (nSPS) is 24.7. The molecule has 0 radical (unpaired) electrons. The Kier molecular flexibility index (Phi) is 2.03. The Bertz CT molecular complexity index is 140. The molecule has 1 saturated heterocycles. The predicted octanol–water partition coefficient (Wildman–Crippen LogP) is 0.323. The second kappa shape index (κ2) is 2.81. The topological polar surface area (TPSA) is 41.1 Å². The molecule has 1 fully saturated rings. The Balaban J connectivity index is 2.24. The molecule has 10 heavy (non-hydrogen) atoms. The first-order valence-corrected chi connectivity index (χ1v) is 3.01. The summed E-state index contributed by atoms with van der Waals surface area (Å²) in [5.74, 6) is 0. The smallest absolute Gasteiger partial charge is 0.315 e. The molecule has 0 aliphatic carbocycles. The Morgan fingerprint density at radius 2 is 2.40 bits per heavy atom. The average molecular weight is 150 g/mol. The van der Waals surface area contributed by atoms with Gasteiger partial charge in [-0.3, -0.25) is 0 Å². The number of amides is 2. The molecule has 1 rings (SSSR count). The van der Waals surface area contributed by atoms with Crippen molar-refractivity contribution in [2.45, 2.75) is 18.9 Å². The van der Waals surface area contributed by atoms with Crippen molar-refractivity contribution < 1.29 is 13.6 Å². The van der Waals surface area contributed by atoms with E-state index >= 15 is 0 Å². The number of urea groups is 1. The number of rotatable bonds is 2. The van der Waals surface area contributed by atoms with Crippen LogP contribution in [-0.4, -0.2) is 25.0 Å². The van der Waals surface area contributed by atoms with Gasteiger partial charge in [0.2, 0.25) is 6.43 Å². The number of carbonyl (C=O) groups excluding carboxylic acids is 1. The lowest BCUT2D eigenvalue weighted by Crippen LogP contribution is -2.28. The molecule has 3 nitrogen and oxygen atoms in total. The Morgan fingerprint density at radius 3 is 2.80 bits per heavy atom. The van der Waals surface area contributed by atoms with Crippen molar-refractivity contribution in [1.82, 2.24) is 10.6 Å². The highest BCUT2D eigenvalue weighted by molar-refractivity contribution is 5.76. The Morgan fingerprint density at radius 1 is 1.70 bits per heavy atom. The summed E-state index contributed by atoms with van der Waals surface area (Å²) < 4.78 is 23.3. The summed E-state index contributed by atoms with van der Waals surface area (Å²) in [6, 6.07) is -0.752. The maximum Gasteiger partial charge on any atom is 0.315 e. The van der Waals surface area contributed by atoms with Crippen LogP contribution in [0.4, 0.5) is 13.6 Å². The minimum absolute atomic E-state index is 0.265. The van der Waals surface area contributed by atoms with Crippen LogP contribution in [0.3, 0.4) is 0 Å². The van der Waals surface area contributed by atoms with Gasteiger partial charge >= 0.3 is 6.03 Å². The predicted molar refractivity (Wildman–Crippen MR) is 30.9 cm³/mol. The van der Waals surface area contributed by atoms with Crippen molar-refractivity contribution in [3.05, 3.63) is 0 Å². The molecule has 5 heteroatoms. The number of halogens is 2. The summed E-state index contributed by atoms with van der Waals surface area (Å²) in [7, 11) is 0. The van der Waals surface area contributed by atoms with Crippen LogP contribution >= 0.6 is 0 Å². The molecule has 0 aromatic rings. The number of carbonyl (C=O) groups is 1. The number of hydrogen-bond acceptors (Lipinski definition) is 1. The van der Waals surface area contributed by atoms with E-state index in [2.05, 4.69) is 10.6 Å². The highest BCUT2D eigenvalue weighted by Gasteiger charge is 2.22. The monoisotopic (exact) mass is 150 g/mol. The van der Waals surface area contributed by atoms with E-state index in [1.54, 1.807) is 0 Å². The molecule has 1 atom stereocenters. The molecule has 2 N–H and O–H groups in total. The van der Waals surface area contributed by atoms with Gasteiger partial charge in [-0.05, 0) is 0 Å². The maximum absolute atomic E-state index is 11.6. The van der Waals surface area contributed by atoms with E-state index in [1.807, 2.05) is 0 Å². The molecule has 58 valence electrons. The summed E-state index contributed by atoms with van der Waals surface area (Å²) >= 11 is 0. The first-order chi connectivity index (χ1) is 4.68. The van der Waals surface area contributed by atoms with Gasteiger partial charge in [0.1, 0.15) is 0 Å². The van der Waals surface area contributed by atoms with E-state index in [9.17, 15) is 13.6 Å². The van der Waals surface area contributed by atoms with Crippen LogP contribution < -0.4 is 10.6 Å². The first-order valence-electron chi connectivity index (χ1n) is 3.01. The van der Waals surface area contributed by atoms with Gasteiger partial charge in [0.15, 0.2) is 0 Å². The van der Waals surface area contributed by atoms with E-state index in [0.717, 1.165) is 0 Å². The highest BCUT2D eigenvalue weighted by Crippen LogP contribution is 2.05. The SMILES string of the molecule is O=C1NCC(CC(F)F)N1. The third kappa shape index (κ3) is 1.82. The minimum atomic E-state index is -2.34. The van der Waals surface area contributed by atoms with Crippen molar-refractivity contribution in [2.24, 2.45) is 0 Å². The summed E-state index contributed by atoms with van der Waals surface area (Å²) in [6.07, 6.45) is -2.61. The van der Waals surface area contributed by atoms with Crippen molar-refractivity contribution in [2.75, 3.05) is 6.54 Å². The lowest BCUT2D eigenvalue weighted by molar-refractivity contribution is 0.127. The van der Waals surface area contributed by atoms with E-state index in [0.29, 0.717) is 6.54 Å². The van der Waals surface area contributed by atoms with Gasteiger partial charge in [-0.25, -0.2) is 13.6 Å². The van der Waals surface area contributed by atoms with Crippen LogP contribution in [0.15, 0.2) is 0 Å². The molecular formula is C5H8F2N2O. The fourth-order valence-corrected chi connectivity index (χ4v) is 0.861. The second-order valence-corrected chi connectivity index (χ2v) is 2.18. The van der Waals surface area contributed by atoms with Crippen molar-refractivity contribution in [3.8, 4) is 0 Å². The molecule has 0 aromatic carbocycles. The zero-order valence-electron chi connectivity index (χ0n) is 5.23. The Hall–Kier alpha value is -0.870. The van der Waals surface area contributed by atoms with Gasteiger partial charge in [-0.15, -0.1) is 0 Å². The van der Waals surface area contributed by atoms with Crippen LogP contribution in [0, 0.1) is 0 Å². The van der Waals surface area contributed by atoms with Crippen LogP contribution in [0.5, 0.6) is 0 Å². The van der Waals surface area contributed by atoms with Gasteiger partial charge in [-0.1, -0.05) is 0 Å². The van der Waals surface area contributed by atoms with Crippen molar-refractivity contribution >= 4 is 6.03 Å². The number of nitrogens with one attached hydrogen (secondary N) is 2. The summed E-state index contributed by atoms with van der Waals surface area (Å²) in [5, 5.41) is 4.75. The zero-order chi connectivity index (χ0) is 7.56. The average Bonchev–Trinajstić information content (AvgIpc) is 2.13.